The average molecular weight is 434 g/mol. The first-order valence-corrected chi connectivity index (χ1v) is 11.1. The molecule has 2 fully saturated rings. The van der Waals surface area contributed by atoms with Crippen LogP contribution in [0.4, 0.5) is 5.69 Å². The summed E-state index contributed by atoms with van der Waals surface area (Å²) < 4.78 is 5.67. The highest BCUT2D eigenvalue weighted by atomic mass is 16.5. The number of ether oxygens (including phenoxy) is 1. The van der Waals surface area contributed by atoms with E-state index >= 15 is 0 Å². The molecule has 1 aliphatic carbocycles. The number of nitrogens with two attached hydrogens (primary N) is 1. The summed E-state index contributed by atoms with van der Waals surface area (Å²) in [5.41, 5.74) is 6.32. The first-order valence-electron chi connectivity index (χ1n) is 11.1. The van der Waals surface area contributed by atoms with E-state index in [0.29, 0.717) is 18.2 Å². The highest BCUT2D eigenvalue weighted by Crippen LogP contribution is 2.53. The van der Waals surface area contributed by atoms with Crippen LogP contribution >= 0.6 is 0 Å². The molecule has 3 aliphatic rings. The third kappa shape index (κ3) is 3.23. The van der Waals surface area contributed by atoms with Gasteiger partial charge in [-0.05, 0) is 49.4 Å². The minimum atomic E-state index is -1.19. The lowest BCUT2D eigenvalue weighted by atomic mass is 9.71. The second-order valence-corrected chi connectivity index (χ2v) is 9.16. The summed E-state index contributed by atoms with van der Waals surface area (Å²) in [6, 6.07) is 16.8. The number of primary amides is 1. The average Bonchev–Trinajstić information content (AvgIpc) is 3.56. The number of rotatable bonds is 6. The van der Waals surface area contributed by atoms with Gasteiger partial charge in [0, 0.05) is 24.7 Å². The van der Waals surface area contributed by atoms with E-state index in [1.54, 1.807) is 19.1 Å². The molecular weight excluding hydrogens is 406 g/mol. The Bertz CT molecular complexity index is 1070. The van der Waals surface area contributed by atoms with E-state index in [4.69, 9.17) is 10.5 Å². The predicted octanol–water partition coefficient (Wildman–Crippen LogP) is 2.31. The van der Waals surface area contributed by atoms with Gasteiger partial charge < -0.3 is 20.3 Å². The van der Waals surface area contributed by atoms with Gasteiger partial charge in [-0.3, -0.25) is 14.4 Å². The van der Waals surface area contributed by atoms with Gasteiger partial charge in [-0.25, -0.2) is 0 Å². The summed E-state index contributed by atoms with van der Waals surface area (Å²) in [7, 11) is 0. The van der Waals surface area contributed by atoms with Crippen molar-refractivity contribution in [3.05, 3.63) is 60.2 Å². The summed E-state index contributed by atoms with van der Waals surface area (Å²) in [6.45, 7) is 2.29. The zero-order chi connectivity index (χ0) is 22.5. The lowest BCUT2D eigenvalue weighted by Crippen LogP contribution is -2.62. The molecule has 32 heavy (non-hydrogen) atoms. The van der Waals surface area contributed by atoms with Gasteiger partial charge >= 0.3 is 0 Å². The van der Waals surface area contributed by atoms with E-state index in [0.717, 1.165) is 24.1 Å². The first-order chi connectivity index (χ1) is 15.4. The molecule has 0 unspecified atom stereocenters. The summed E-state index contributed by atoms with van der Waals surface area (Å²) in [5, 5.41) is 0. The summed E-state index contributed by atoms with van der Waals surface area (Å²) >= 11 is 0. The number of anilines is 1. The van der Waals surface area contributed by atoms with Crippen LogP contribution in [-0.2, 0) is 14.4 Å². The SMILES string of the molecule is C[C@@]12C(=O)N(CC3CC3)c3ccccc3[C@@H]1[C@@H](C(N)=O)CN2C(=O)COc1ccccc1. The number of likely N-dealkylation sites (tertiary alicyclic amines) is 1. The molecule has 2 N–H and O–H groups in total. The van der Waals surface area contributed by atoms with Crippen LogP contribution in [0.2, 0.25) is 0 Å². The molecule has 7 heteroatoms. The number of para-hydroxylation sites is 2. The third-order valence-electron chi connectivity index (χ3n) is 7.10. The molecule has 2 aromatic rings. The summed E-state index contributed by atoms with van der Waals surface area (Å²) in [6.07, 6.45) is 2.20. The Labute approximate surface area is 187 Å². The smallest absolute Gasteiger partial charge is 0.261 e. The standard InChI is InChI=1S/C25H27N3O4/c1-25-22(18-9-5-6-10-20(18)27(24(25)31)13-16-11-12-16)19(23(26)30)14-28(25)21(29)15-32-17-7-3-2-4-8-17/h2-10,16,19,22H,11-15H2,1H3,(H2,26,30)/t19-,22+,25-/m0/s1. The topological polar surface area (TPSA) is 92.9 Å². The molecule has 1 saturated heterocycles. The fraction of sp³-hybridized carbons (Fsp3) is 0.400. The number of hydrogen-bond acceptors (Lipinski definition) is 4. The fourth-order valence-electron chi connectivity index (χ4n) is 5.29. The van der Waals surface area contributed by atoms with E-state index < -0.39 is 23.3 Å². The number of fused-ring (bicyclic) bond motifs is 3. The first kappa shape index (κ1) is 20.5. The van der Waals surface area contributed by atoms with Gasteiger partial charge in [-0.2, -0.15) is 0 Å². The number of amides is 3. The number of carbonyl (C=O) groups excluding carboxylic acids is 3. The maximum Gasteiger partial charge on any atom is 0.261 e. The largest absolute Gasteiger partial charge is 0.484 e. The van der Waals surface area contributed by atoms with Gasteiger partial charge in [-0.1, -0.05) is 36.4 Å². The van der Waals surface area contributed by atoms with Crippen molar-refractivity contribution in [3.8, 4) is 5.75 Å². The highest BCUT2D eigenvalue weighted by molar-refractivity contribution is 6.07. The number of nitrogens with zero attached hydrogens (tertiary/aromatic N) is 2. The minimum absolute atomic E-state index is 0.102. The Morgan fingerprint density at radius 1 is 1.09 bits per heavy atom. The van der Waals surface area contributed by atoms with Crippen molar-refractivity contribution in [3.63, 3.8) is 0 Å². The molecule has 2 heterocycles. The monoisotopic (exact) mass is 433 g/mol. The third-order valence-corrected chi connectivity index (χ3v) is 7.10. The second kappa shape index (κ2) is 7.65. The van der Waals surface area contributed by atoms with E-state index in [1.165, 1.54) is 4.90 Å². The van der Waals surface area contributed by atoms with E-state index in [-0.39, 0.29) is 25.0 Å². The van der Waals surface area contributed by atoms with Gasteiger partial charge in [0.2, 0.25) is 5.91 Å². The molecule has 0 radical (unpaired) electrons. The number of carbonyl (C=O) groups is 3. The zero-order valence-electron chi connectivity index (χ0n) is 18.1. The van der Waals surface area contributed by atoms with Crippen molar-refractivity contribution in [2.24, 2.45) is 17.6 Å². The maximum atomic E-state index is 14.0. The summed E-state index contributed by atoms with van der Waals surface area (Å²) in [5.74, 6) is -1.06. The molecular formula is C25H27N3O4. The Morgan fingerprint density at radius 3 is 2.47 bits per heavy atom. The molecule has 2 aliphatic heterocycles. The van der Waals surface area contributed by atoms with Crippen molar-refractivity contribution in [1.82, 2.24) is 4.90 Å². The van der Waals surface area contributed by atoms with E-state index in [2.05, 4.69) is 0 Å². The van der Waals surface area contributed by atoms with Gasteiger partial charge in [0.05, 0.1) is 5.92 Å². The van der Waals surface area contributed by atoms with Crippen molar-refractivity contribution in [1.29, 1.82) is 0 Å². The molecule has 7 nitrogen and oxygen atoms in total. The van der Waals surface area contributed by atoms with Crippen LogP contribution in [0.15, 0.2) is 54.6 Å². The van der Waals surface area contributed by atoms with Gasteiger partial charge in [0.25, 0.3) is 11.8 Å². The van der Waals surface area contributed by atoms with Crippen LogP contribution in [0.25, 0.3) is 0 Å². The molecule has 0 spiro atoms. The van der Waals surface area contributed by atoms with Gasteiger partial charge in [0.1, 0.15) is 11.3 Å². The molecule has 166 valence electrons. The molecule has 3 amide bonds. The van der Waals surface area contributed by atoms with Crippen molar-refractivity contribution in [2.75, 3.05) is 24.6 Å². The lowest BCUT2D eigenvalue weighted by molar-refractivity contribution is -0.145. The molecule has 5 rings (SSSR count). The highest BCUT2D eigenvalue weighted by Gasteiger charge is 2.63. The molecule has 1 saturated carbocycles. The number of hydrogen-bond donors (Lipinski definition) is 1. The Balaban J connectivity index is 1.52. The van der Waals surface area contributed by atoms with Gasteiger partial charge in [-0.15, -0.1) is 0 Å². The zero-order valence-corrected chi connectivity index (χ0v) is 18.1. The minimum Gasteiger partial charge on any atom is -0.484 e. The Hall–Kier alpha value is -3.35. The predicted molar refractivity (Wildman–Crippen MR) is 119 cm³/mol. The van der Waals surface area contributed by atoms with Crippen LogP contribution < -0.4 is 15.4 Å². The normalized spacial score (nSPS) is 26.5. The fourth-order valence-corrected chi connectivity index (χ4v) is 5.29. The second-order valence-electron chi connectivity index (χ2n) is 9.16. The van der Waals surface area contributed by atoms with Crippen LogP contribution in [0.5, 0.6) is 5.75 Å². The van der Waals surface area contributed by atoms with E-state index in [1.807, 2.05) is 47.4 Å². The van der Waals surface area contributed by atoms with E-state index in [9.17, 15) is 14.4 Å². The van der Waals surface area contributed by atoms with Crippen molar-refractivity contribution in [2.45, 2.75) is 31.2 Å². The van der Waals surface area contributed by atoms with Crippen LogP contribution in [0, 0.1) is 11.8 Å². The van der Waals surface area contributed by atoms with Crippen LogP contribution in [-0.4, -0.2) is 47.9 Å². The molecule has 0 bridgehead atoms. The maximum absolute atomic E-state index is 14.0. The number of benzene rings is 2. The van der Waals surface area contributed by atoms with Crippen LogP contribution in [0.1, 0.15) is 31.2 Å². The molecule has 3 atom stereocenters. The van der Waals surface area contributed by atoms with Crippen LogP contribution in [0.3, 0.4) is 0 Å². The lowest BCUT2D eigenvalue weighted by Gasteiger charge is -2.46. The Kier molecular flexibility index (Phi) is 4.92. The van der Waals surface area contributed by atoms with Crippen molar-refractivity contribution < 1.29 is 19.1 Å². The molecule has 0 aromatic heterocycles. The van der Waals surface area contributed by atoms with Gasteiger partial charge in [0.15, 0.2) is 6.61 Å². The Morgan fingerprint density at radius 2 is 1.78 bits per heavy atom. The quantitative estimate of drug-likeness (QED) is 0.757. The van der Waals surface area contributed by atoms with Crippen molar-refractivity contribution >= 4 is 23.4 Å². The summed E-state index contributed by atoms with van der Waals surface area (Å²) in [4.78, 5) is 43.1. The molecule has 2 aromatic carbocycles.